The smallest absolute Gasteiger partial charge is 0.293 e. The third kappa shape index (κ3) is 5.13. The molecular formula is C21H29BN2O3. The van der Waals surface area contributed by atoms with Crippen molar-refractivity contribution in [2.45, 2.75) is 45.1 Å². The number of benzene rings is 1. The van der Waals surface area contributed by atoms with Gasteiger partial charge in [0.1, 0.15) is 7.85 Å². The molecular weight excluding hydrogens is 339 g/mol. The monoisotopic (exact) mass is 368 g/mol. The van der Waals surface area contributed by atoms with Crippen molar-refractivity contribution in [3.63, 3.8) is 0 Å². The summed E-state index contributed by atoms with van der Waals surface area (Å²) in [6.07, 6.45) is 4.20. The summed E-state index contributed by atoms with van der Waals surface area (Å²) in [6, 6.07) is 5.67. The number of hydrogen-bond acceptors (Lipinski definition) is 4. The fraction of sp³-hybridized carbons (Fsp3) is 0.619. The summed E-state index contributed by atoms with van der Waals surface area (Å²) in [5.74, 6) is 1.41. The van der Waals surface area contributed by atoms with Gasteiger partial charge in [0.25, 0.3) is 12.4 Å². The number of rotatable bonds is 6. The van der Waals surface area contributed by atoms with Gasteiger partial charge in [0.05, 0.1) is 0 Å². The van der Waals surface area contributed by atoms with Gasteiger partial charge in [-0.25, -0.2) is 0 Å². The van der Waals surface area contributed by atoms with Gasteiger partial charge in [-0.3, -0.25) is 9.59 Å². The number of carbonyl (C=O) groups excluding carboxylic acids is 2. The van der Waals surface area contributed by atoms with Crippen LogP contribution in [0.25, 0.3) is 0 Å². The Morgan fingerprint density at radius 2 is 1.93 bits per heavy atom. The van der Waals surface area contributed by atoms with Crippen LogP contribution in [0.5, 0.6) is 0 Å². The molecule has 0 aromatic heterocycles. The quantitative estimate of drug-likeness (QED) is 0.604. The molecule has 1 aromatic carbocycles. The van der Waals surface area contributed by atoms with Gasteiger partial charge in [-0.1, -0.05) is 29.2 Å². The van der Waals surface area contributed by atoms with Crippen LogP contribution < -0.4 is 10.8 Å². The first-order valence-corrected chi connectivity index (χ1v) is 10.0. The lowest BCUT2D eigenvalue weighted by molar-refractivity contribution is -0.152. The summed E-state index contributed by atoms with van der Waals surface area (Å²) >= 11 is 0. The summed E-state index contributed by atoms with van der Waals surface area (Å²) in [4.78, 5) is 25.8. The molecule has 0 bridgehead atoms. The van der Waals surface area contributed by atoms with E-state index in [2.05, 4.69) is 5.32 Å². The minimum Gasteiger partial charge on any atom is -0.454 e. The molecule has 1 aromatic rings. The summed E-state index contributed by atoms with van der Waals surface area (Å²) in [6.45, 7) is 6.05. The Bertz CT molecular complexity index is 653. The number of carbonyl (C=O) groups is 2. The maximum Gasteiger partial charge on any atom is 0.293 e. The Morgan fingerprint density at radius 3 is 2.56 bits per heavy atom. The molecule has 27 heavy (non-hydrogen) atoms. The maximum atomic E-state index is 12.9. The lowest BCUT2D eigenvalue weighted by atomic mass is 9.79. The Kier molecular flexibility index (Phi) is 6.94. The molecule has 6 heteroatoms. The van der Waals surface area contributed by atoms with Crippen LogP contribution in [0.1, 0.15) is 36.8 Å². The fourth-order valence-electron chi connectivity index (χ4n) is 4.45. The molecule has 1 amide bonds. The van der Waals surface area contributed by atoms with Crippen LogP contribution in [-0.4, -0.2) is 57.4 Å². The first-order valence-electron chi connectivity index (χ1n) is 10.0. The van der Waals surface area contributed by atoms with Crippen molar-refractivity contribution in [1.82, 2.24) is 10.2 Å². The number of piperidine rings is 2. The van der Waals surface area contributed by atoms with Crippen molar-refractivity contribution in [3.05, 3.63) is 29.3 Å². The van der Waals surface area contributed by atoms with Crippen LogP contribution in [0.3, 0.4) is 0 Å². The van der Waals surface area contributed by atoms with E-state index >= 15 is 0 Å². The van der Waals surface area contributed by atoms with Crippen LogP contribution in [-0.2, 0) is 20.7 Å². The molecule has 1 atom stereocenters. The van der Waals surface area contributed by atoms with E-state index in [0.29, 0.717) is 18.8 Å². The third-order valence-electron chi connectivity index (χ3n) is 6.15. The zero-order valence-corrected chi connectivity index (χ0v) is 16.2. The van der Waals surface area contributed by atoms with Crippen LogP contribution in [0.15, 0.2) is 18.2 Å². The van der Waals surface area contributed by atoms with E-state index in [0.717, 1.165) is 61.5 Å². The zero-order chi connectivity index (χ0) is 19.2. The molecule has 144 valence electrons. The SMILES string of the molecule is [B]c1ccc(C[C@@H](OC=O)C(=O)N2CCC(C3CCNCC3)CC2)cc1C. The molecule has 2 saturated heterocycles. The number of nitrogens with zero attached hydrogens (tertiary/aromatic N) is 1. The Balaban J connectivity index is 1.58. The summed E-state index contributed by atoms with van der Waals surface area (Å²) in [7, 11) is 5.86. The predicted molar refractivity (Wildman–Crippen MR) is 106 cm³/mol. The van der Waals surface area contributed by atoms with E-state index in [1.807, 2.05) is 30.0 Å². The van der Waals surface area contributed by atoms with Crippen molar-refractivity contribution < 1.29 is 14.3 Å². The van der Waals surface area contributed by atoms with Crippen LogP contribution in [0, 0.1) is 18.8 Å². The third-order valence-corrected chi connectivity index (χ3v) is 6.15. The summed E-state index contributed by atoms with van der Waals surface area (Å²) in [5, 5.41) is 3.42. The highest BCUT2D eigenvalue weighted by atomic mass is 16.5. The molecule has 0 unspecified atom stereocenters. The number of amides is 1. The highest BCUT2D eigenvalue weighted by Gasteiger charge is 2.32. The van der Waals surface area contributed by atoms with Crippen molar-refractivity contribution >= 4 is 25.7 Å². The van der Waals surface area contributed by atoms with Crippen molar-refractivity contribution in [2.75, 3.05) is 26.2 Å². The van der Waals surface area contributed by atoms with Crippen LogP contribution in [0.2, 0.25) is 0 Å². The number of nitrogens with one attached hydrogen (secondary N) is 1. The number of ether oxygens (including phenoxy) is 1. The van der Waals surface area contributed by atoms with Crippen LogP contribution >= 0.6 is 0 Å². The van der Waals surface area contributed by atoms with Crippen molar-refractivity contribution in [1.29, 1.82) is 0 Å². The summed E-state index contributed by atoms with van der Waals surface area (Å²) in [5.41, 5.74) is 2.64. The van der Waals surface area contributed by atoms with Gasteiger partial charge in [0, 0.05) is 19.5 Å². The van der Waals surface area contributed by atoms with Crippen molar-refractivity contribution in [3.8, 4) is 0 Å². The highest BCUT2D eigenvalue weighted by Crippen LogP contribution is 2.31. The molecule has 1 N–H and O–H groups in total. The number of aryl methyl sites for hydroxylation is 1. The number of hydrogen-bond donors (Lipinski definition) is 1. The van der Waals surface area contributed by atoms with E-state index in [4.69, 9.17) is 12.6 Å². The number of likely N-dealkylation sites (tertiary alicyclic amines) is 1. The van der Waals surface area contributed by atoms with Gasteiger partial charge in [-0.2, -0.15) is 0 Å². The van der Waals surface area contributed by atoms with E-state index < -0.39 is 6.10 Å². The predicted octanol–water partition coefficient (Wildman–Crippen LogP) is 1.11. The normalized spacial score (nSPS) is 20.3. The molecule has 2 radical (unpaired) electrons. The lowest BCUT2D eigenvalue weighted by Crippen LogP contribution is -2.47. The molecule has 0 aliphatic carbocycles. The lowest BCUT2D eigenvalue weighted by Gasteiger charge is -2.38. The van der Waals surface area contributed by atoms with Crippen LogP contribution in [0.4, 0.5) is 0 Å². The molecule has 2 aliphatic heterocycles. The maximum absolute atomic E-state index is 12.9. The molecule has 5 nitrogen and oxygen atoms in total. The topological polar surface area (TPSA) is 58.6 Å². The average molecular weight is 368 g/mol. The zero-order valence-electron chi connectivity index (χ0n) is 16.2. The van der Waals surface area contributed by atoms with E-state index in [1.165, 1.54) is 12.8 Å². The molecule has 0 spiro atoms. The second-order valence-electron chi connectivity index (χ2n) is 7.87. The van der Waals surface area contributed by atoms with Gasteiger partial charge >= 0.3 is 0 Å². The van der Waals surface area contributed by atoms with Gasteiger partial charge < -0.3 is 15.0 Å². The largest absolute Gasteiger partial charge is 0.454 e. The molecule has 2 fully saturated rings. The average Bonchev–Trinajstić information content (AvgIpc) is 2.71. The standard InChI is InChI=1S/C21H29BN2O3/c1-15-12-16(2-3-19(15)22)13-20(27-14-25)21(26)24-10-6-18(7-11-24)17-4-8-23-9-5-17/h2-3,12,14,17-18,20,23H,4-11,13H2,1H3/t20-/m1/s1. The van der Waals surface area contributed by atoms with E-state index in [9.17, 15) is 9.59 Å². The minimum atomic E-state index is -0.763. The molecule has 2 aliphatic rings. The van der Waals surface area contributed by atoms with E-state index in [-0.39, 0.29) is 5.91 Å². The van der Waals surface area contributed by atoms with E-state index in [1.54, 1.807) is 0 Å². The minimum absolute atomic E-state index is 0.0830. The van der Waals surface area contributed by atoms with Gasteiger partial charge in [-0.15, -0.1) is 0 Å². The Labute approximate surface area is 163 Å². The van der Waals surface area contributed by atoms with Gasteiger partial charge in [-0.05, 0) is 63.1 Å². The van der Waals surface area contributed by atoms with Gasteiger partial charge in [0.2, 0.25) is 0 Å². The Morgan fingerprint density at radius 1 is 1.26 bits per heavy atom. The fourth-order valence-corrected chi connectivity index (χ4v) is 4.45. The van der Waals surface area contributed by atoms with Gasteiger partial charge in [0.15, 0.2) is 6.10 Å². The first kappa shape index (κ1) is 19.9. The highest BCUT2D eigenvalue weighted by molar-refractivity contribution is 6.33. The van der Waals surface area contributed by atoms with Crippen molar-refractivity contribution in [2.24, 2.45) is 11.8 Å². The second-order valence-corrected chi connectivity index (χ2v) is 7.87. The Hall–Kier alpha value is -1.82. The molecule has 3 rings (SSSR count). The molecule has 0 saturated carbocycles. The second kappa shape index (κ2) is 9.40. The summed E-state index contributed by atoms with van der Waals surface area (Å²) < 4.78 is 5.16. The molecule has 2 heterocycles. The first-order chi connectivity index (χ1) is 13.1.